The average Bonchev–Trinajstić information content (AvgIpc) is 2.99. The van der Waals surface area contributed by atoms with Crippen molar-refractivity contribution in [3.63, 3.8) is 0 Å². The van der Waals surface area contributed by atoms with Gasteiger partial charge in [-0.25, -0.2) is 14.8 Å². The molecule has 4 aliphatic rings. The highest BCUT2D eigenvalue weighted by molar-refractivity contribution is 6.23. The predicted octanol–water partition coefficient (Wildman–Crippen LogP) is 2.13. The minimum absolute atomic E-state index is 0.627. The minimum Gasteiger partial charge on any atom is -0.379 e. The lowest BCUT2D eigenvalue weighted by Crippen LogP contribution is -2.72. The Morgan fingerprint density at radius 1 is 0.639 bits per heavy atom. The van der Waals surface area contributed by atoms with E-state index in [4.69, 9.17) is 14.5 Å². The van der Waals surface area contributed by atoms with Crippen LogP contribution in [0.5, 0.6) is 0 Å². The van der Waals surface area contributed by atoms with Crippen molar-refractivity contribution in [1.29, 1.82) is 0 Å². The molecule has 36 heavy (non-hydrogen) atoms. The number of piperazine rings is 1. The third-order valence-corrected chi connectivity index (χ3v) is 7.60. The number of hydrogen-bond acceptors (Lipinski definition) is 8. The summed E-state index contributed by atoms with van der Waals surface area (Å²) >= 11 is 0. The second-order valence-corrected chi connectivity index (χ2v) is 9.65. The zero-order valence-electron chi connectivity index (χ0n) is 20.9. The Hall–Kier alpha value is -2.91. The first-order valence-corrected chi connectivity index (χ1v) is 13.2. The molecular formula is C28H36N6O2. The summed E-state index contributed by atoms with van der Waals surface area (Å²) in [7, 11) is 0. The summed E-state index contributed by atoms with van der Waals surface area (Å²) in [6.45, 7) is 10.1. The molecule has 8 heteroatoms. The summed E-state index contributed by atoms with van der Waals surface area (Å²) in [5, 5.41) is 3.81. The van der Waals surface area contributed by atoms with Gasteiger partial charge >= 0.3 is 0 Å². The lowest BCUT2D eigenvalue weighted by Gasteiger charge is -2.53. The van der Waals surface area contributed by atoms with E-state index in [-0.39, 0.29) is 0 Å². The van der Waals surface area contributed by atoms with E-state index >= 15 is 0 Å². The molecule has 0 radical (unpaired) electrons. The molecule has 8 nitrogen and oxygen atoms in total. The molecule has 0 bridgehead atoms. The SMILES string of the molecule is C1=C(c2ccccc2)C(N2CCOCC2)=NC(N2CCOCC2)(N2CCN(c3ccccc3)CC2)N1. The highest BCUT2D eigenvalue weighted by atomic mass is 16.5. The Bertz CT molecular complexity index is 1060. The van der Waals surface area contributed by atoms with Crippen molar-refractivity contribution >= 4 is 17.1 Å². The first kappa shape index (κ1) is 23.5. The van der Waals surface area contributed by atoms with Gasteiger partial charge in [0.15, 0.2) is 0 Å². The fourth-order valence-corrected chi connectivity index (χ4v) is 5.63. The Labute approximate surface area is 213 Å². The van der Waals surface area contributed by atoms with Crippen LogP contribution < -0.4 is 10.2 Å². The smallest absolute Gasteiger partial charge is 0.251 e. The van der Waals surface area contributed by atoms with Gasteiger partial charge in [-0.15, -0.1) is 0 Å². The number of aliphatic imine (C=N–C) groups is 1. The molecular weight excluding hydrogens is 452 g/mol. The molecule has 1 N–H and O–H groups in total. The number of benzene rings is 2. The van der Waals surface area contributed by atoms with Crippen molar-refractivity contribution in [3.8, 4) is 0 Å². The summed E-state index contributed by atoms with van der Waals surface area (Å²) in [4.78, 5) is 15.5. The molecule has 0 saturated carbocycles. The van der Waals surface area contributed by atoms with Crippen molar-refractivity contribution in [2.45, 2.75) is 5.91 Å². The van der Waals surface area contributed by atoms with Crippen molar-refractivity contribution in [1.82, 2.24) is 20.0 Å². The quantitative estimate of drug-likeness (QED) is 0.708. The van der Waals surface area contributed by atoms with Crippen LogP contribution in [0.3, 0.4) is 0 Å². The number of rotatable bonds is 4. The summed E-state index contributed by atoms with van der Waals surface area (Å²) in [6, 6.07) is 21.3. The molecule has 1 atom stereocenters. The number of amidine groups is 1. The van der Waals surface area contributed by atoms with E-state index in [1.54, 1.807) is 0 Å². The molecule has 6 rings (SSSR count). The average molecular weight is 489 g/mol. The van der Waals surface area contributed by atoms with E-state index in [1.165, 1.54) is 11.3 Å². The fraction of sp³-hybridized carbons (Fsp3) is 0.464. The highest BCUT2D eigenvalue weighted by Gasteiger charge is 2.46. The molecule has 1 unspecified atom stereocenters. The van der Waals surface area contributed by atoms with Crippen molar-refractivity contribution in [3.05, 3.63) is 72.4 Å². The second kappa shape index (κ2) is 10.6. The van der Waals surface area contributed by atoms with E-state index in [2.05, 4.69) is 91.8 Å². The molecule has 0 spiro atoms. The minimum atomic E-state index is -0.627. The molecule has 3 saturated heterocycles. The van der Waals surface area contributed by atoms with Gasteiger partial charge in [-0.05, 0) is 17.7 Å². The van der Waals surface area contributed by atoms with Gasteiger partial charge in [0, 0.05) is 69.8 Å². The Balaban J connectivity index is 1.34. The van der Waals surface area contributed by atoms with Gasteiger partial charge in [0.1, 0.15) is 5.84 Å². The van der Waals surface area contributed by atoms with Gasteiger partial charge < -0.3 is 24.6 Å². The molecule has 2 aromatic carbocycles. The van der Waals surface area contributed by atoms with Crippen LogP contribution in [0.4, 0.5) is 5.69 Å². The molecule has 0 aliphatic carbocycles. The van der Waals surface area contributed by atoms with Gasteiger partial charge in [-0.2, -0.15) is 0 Å². The summed E-state index contributed by atoms with van der Waals surface area (Å²) in [5.74, 6) is 0.429. The molecule has 3 fully saturated rings. The van der Waals surface area contributed by atoms with E-state index in [9.17, 15) is 0 Å². The maximum Gasteiger partial charge on any atom is 0.251 e. The largest absolute Gasteiger partial charge is 0.379 e. The van der Waals surface area contributed by atoms with Crippen LogP contribution in [-0.4, -0.2) is 105 Å². The van der Waals surface area contributed by atoms with Crippen molar-refractivity contribution in [2.24, 2.45) is 4.99 Å². The maximum absolute atomic E-state index is 5.74. The van der Waals surface area contributed by atoms with Crippen LogP contribution in [0.25, 0.3) is 5.57 Å². The van der Waals surface area contributed by atoms with Crippen LogP contribution >= 0.6 is 0 Å². The molecule has 4 heterocycles. The van der Waals surface area contributed by atoms with Crippen molar-refractivity contribution in [2.75, 3.05) is 83.7 Å². The van der Waals surface area contributed by atoms with E-state index in [1.807, 2.05) is 0 Å². The third-order valence-electron chi connectivity index (χ3n) is 7.60. The number of anilines is 1. The number of ether oxygens (including phenoxy) is 2. The molecule has 190 valence electrons. The molecule has 0 aromatic heterocycles. The number of morpholine rings is 2. The van der Waals surface area contributed by atoms with Crippen LogP contribution in [0.2, 0.25) is 0 Å². The lowest BCUT2D eigenvalue weighted by molar-refractivity contribution is -0.113. The van der Waals surface area contributed by atoms with E-state index < -0.39 is 5.91 Å². The van der Waals surface area contributed by atoms with E-state index in [0.717, 1.165) is 90.2 Å². The summed E-state index contributed by atoms with van der Waals surface area (Å²) in [5.41, 5.74) is 3.61. The molecule has 0 amide bonds. The second-order valence-electron chi connectivity index (χ2n) is 9.65. The van der Waals surface area contributed by atoms with Gasteiger partial charge in [-0.1, -0.05) is 48.5 Å². The van der Waals surface area contributed by atoms with Gasteiger partial charge in [0.25, 0.3) is 5.91 Å². The highest BCUT2D eigenvalue weighted by Crippen LogP contribution is 2.32. The monoisotopic (exact) mass is 488 g/mol. The van der Waals surface area contributed by atoms with Crippen LogP contribution in [0.15, 0.2) is 71.9 Å². The number of nitrogens with zero attached hydrogens (tertiary/aromatic N) is 5. The topological polar surface area (TPSA) is 55.8 Å². The Morgan fingerprint density at radius 3 is 1.89 bits per heavy atom. The van der Waals surface area contributed by atoms with Gasteiger partial charge in [-0.3, -0.25) is 0 Å². The normalized spacial score (nSPS) is 26.2. The first-order valence-electron chi connectivity index (χ1n) is 13.2. The standard InChI is InChI=1S/C28H36N6O2/c1-3-7-24(8-4-1)26-23-29-28(34-17-21-36-22-18-34,30-27(26)32-15-19-35-20-16-32)33-13-11-31(12-14-33)25-9-5-2-6-10-25/h1-10,23,29H,11-22H2. The van der Waals surface area contributed by atoms with Crippen LogP contribution in [-0.2, 0) is 9.47 Å². The summed E-state index contributed by atoms with van der Waals surface area (Å²) < 4.78 is 11.4. The van der Waals surface area contributed by atoms with Gasteiger partial charge in [0.2, 0.25) is 0 Å². The fourth-order valence-electron chi connectivity index (χ4n) is 5.63. The van der Waals surface area contributed by atoms with E-state index in [0.29, 0.717) is 0 Å². The first-order chi connectivity index (χ1) is 17.8. The van der Waals surface area contributed by atoms with Crippen molar-refractivity contribution < 1.29 is 9.47 Å². The third kappa shape index (κ3) is 4.62. The van der Waals surface area contributed by atoms with Crippen LogP contribution in [0.1, 0.15) is 5.56 Å². The summed E-state index contributed by atoms with van der Waals surface area (Å²) in [6.07, 6.45) is 2.20. The maximum atomic E-state index is 5.74. The Morgan fingerprint density at radius 2 is 1.22 bits per heavy atom. The number of hydrogen-bond donors (Lipinski definition) is 1. The lowest BCUT2D eigenvalue weighted by atomic mass is 10.0. The molecule has 2 aromatic rings. The zero-order chi connectivity index (χ0) is 24.2. The number of nitrogens with one attached hydrogen (secondary N) is 1. The molecule has 4 aliphatic heterocycles. The van der Waals surface area contributed by atoms with Crippen LogP contribution in [0, 0.1) is 0 Å². The predicted molar refractivity (Wildman–Crippen MR) is 143 cm³/mol. The zero-order valence-corrected chi connectivity index (χ0v) is 20.9. The Kier molecular flexibility index (Phi) is 6.92. The number of para-hydroxylation sites is 1. The van der Waals surface area contributed by atoms with Gasteiger partial charge in [0.05, 0.1) is 26.4 Å².